The molecule has 4 heteroatoms. The highest BCUT2D eigenvalue weighted by Crippen LogP contribution is 2.01. The van der Waals surface area contributed by atoms with Crippen LogP contribution in [-0.4, -0.2) is 35.1 Å². The Hall–Kier alpha value is -0.870. The summed E-state index contributed by atoms with van der Waals surface area (Å²) in [7, 11) is 0. The predicted molar refractivity (Wildman–Crippen MR) is 49.4 cm³/mol. The van der Waals surface area contributed by atoms with Crippen LogP contribution in [0.1, 0.15) is 6.92 Å². The summed E-state index contributed by atoms with van der Waals surface area (Å²) in [5.74, 6) is 0. The van der Waals surface area contributed by atoms with Gasteiger partial charge in [0.1, 0.15) is 0 Å². The third-order valence-corrected chi connectivity index (χ3v) is 2.18. The van der Waals surface area contributed by atoms with Crippen molar-refractivity contribution in [1.29, 1.82) is 0 Å². The molecule has 1 aliphatic heterocycles. The van der Waals surface area contributed by atoms with E-state index in [0.29, 0.717) is 12.1 Å². The first-order chi connectivity index (χ1) is 6.34. The molecule has 1 atom stereocenters. The normalized spacial score (nSPS) is 19.8. The van der Waals surface area contributed by atoms with Gasteiger partial charge in [-0.15, -0.1) is 0 Å². The van der Waals surface area contributed by atoms with Gasteiger partial charge in [0, 0.05) is 18.4 Å². The van der Waals surface area contributed by atoms with Gasteiger partial charge in [-0.1, -0.05) is 0 Å². The highest BCUT2D eigenvalue weighted by atomic mass is 16.5. The molecule has 2 heterocycles. The number of hydrogen-bond donors (Lipinski definition) is 1. The van der Waals surface area contributed by atoms with E-state index in [9.17, 15) is 0 Å². The number of rotatable bonds is 4. The molecule has 0 amide bonds. The maximum absolute atomic E-state index is 5.09. The maximum atomic E-state index is 5.09. The van der Waals surface area contributed by atoms with Gasteiger partial charge in [0.25, 0.3) is 0 Å². The number of aromatic nitrogens is 2. The molecule has 0 radical (unpaired) electrons. The standard InChI is InChI=1S/C9H15N3O/c1-8(11-9-6-13-7-9)5-12-4-2-3-10-12/h2-4,8-9,11H,5-7H2,1H3. The minimum absolute atomic E-state index is 0.453. The van der Waals surface area contributed by atoms with Gasteiger partial charge >= 0.3 is 0 Å². The number of hydrogen-bond acceptors (Lipinski definition) is 3. The highest BCUT2D eigenvalue weighted by Gasteiger charge is 2.19. The van der Waals surface area contributed by atoms with Crippen molar-refractivity contribution in [3.63, 3.8) is 0 Å². The lowest BCUT2D eigenvalue weighted by Crippen LogP contribution is -2.50. The zero-order chi connectivity index (χ0) is 9.10. The molecule has 2 rings (SSSR count). The van der Waals surface area contributed by atoms with Gasteiger partial charge in [-0.25, -0.2) is 0 Å². The van der Waals surface area contributed by atoms with Gasteiger partial charge in [0.15, 0.2) is 0 Å². The van der Waals surface area contributed by atoms with Gasteiger partial charge in [0.05, 0.1) is 25.8 Å². The highest BCUT2D eigenvalue weighted by molar-refractivity contribution is 4.81. The van der Waals surface area contributed by atoms with Crippen LogP contribution in [0.25, 0.3) is 0 Å². The van der Waals surface area contributed by atoms with E-state index < -0.39 is 0 Å². The van der Waals surface area contributed by atoms with Crippen molar-refractivity contribution in [1.82, 2.24) is 15.1 Å². The van der Waals surface area contributed by atoms with Crippen molar-refractivity contribution >= 4 is 0 Å². The predicted octanol–water partition coefficient (Wildman–Crippen LogP) is 0.260. The van der Waals surface area contributed by atoms with Crippen molar-refractivity contribution in [2.24, 2.45) is 0 Å². The summed E-state index contributed by atoms with van der Waals surface area (Å²) >= 11 is 0. The summed E-state index contributed by atoms with van der Waals surface area (Å²) in [6.07, 6.45) is 3.79. The summed E-state index contributed by atoms with van der Waals surface area (Å²) in [6.45, 7) is 4.79. The summed E-state index contributed by atoms with van der Waals surface area (Å²) in [5.41, 5.74) is 0. The van der Waals surface area contributed by atoms with E-state index in [1.807, 2.05) is 16.9 Å². The van der Waals surface area contributed by atoms with Crippen molar-refractivity contribution in [2.45, 2.75) is 25.6 Å². The number of nitrogens with one attached hydrogen (secondary N) is 1. The first-order valence-corrected chi connectivity index (χ1v) is 4.66. The van der Waals surface area contributed by atoms with Crippen molar-refractivity contribution in [3.8, 4) is 0 Å². The largest absolute Gasteiger partial charge is 0.378 e. The van der Waals surface area contributed by atoms with Crippen molar-refractivity contribution in [3.05, 3.63) is 18.5 Å². The third kappa shape index (κ3) is 2.29. The Labute approximate surface area is 77.9 Å². The summed E-state index contributed by atoms with van der Waals surface area (Å²) in [5, 5.41) is 7.62. The Morgan fingerprint density at radius 3 is 3.08 bits per heavy atom. The molecule has 1 aromatic heterocycles. The minimum atomic E-state index is 0.453. The van der Waals surface area contributed by atoms with Crippen LogP contribution in [0.2, 0.25) is 0 Å². The average molecular weight is 181 g/mol. The third-order valence-electron chi connectivity index (χ3n) is 2.18. The Balaban J connectivity index is 1.74. The molecule has 1 fully saturated rings. The van der Waals surface area contributed by atoms with E-state index in [1.54, 1.807) is 6.20 Å². The molecule has 1 unspecified atom stereocenters. The molecule has 0 aromatic carbocycles. The molecule has 1 saturated heterocycles. The zero-order valence-electron chi connectivity index (χ0n) is 7.81. The van der Waals surface area contributed by atoms with Crippen molar-refractivity contribution in [2.75, 3.05) is 13.2 Å². The molecule has 4 nitrogen and oxygen atoms in total. The van der Waals surface area contributed by atoms with E-state index in [2.05, 4.69) is 17.3 Å². The van der Waals surface area contributed by atoms with E-state index in [1.165, 1.54) is 0 Å². The molecule has 0 aliphatic carbocycles. The lowest BCUT2D eigenvalue weighted by molar-refractivity contribution is -0.0100. The topological polar surface area (TPSA) is 39.1 Å². The molecule has 0 saturated carbocycles. The molecule has 13 heavy (non-hydrogen) atoms. The molecular weight excluding hydrogens is 166 g/mol. The summed E-state index contributed by atoms with van der Waals surface area (Å²) in [6, 6.07) is 2.94. The fourth-order valence-corrected chi connectivity index (χ4v) is 1.48. The quantitative estimate of drug-likeness (QED) is 0.724. The summed E-state index contributed by atoms with van der Waals surface area (Å²) in [4.78, 5) is 0. The van der Waals surface area contributed by atoms with E-state index in [-0.39, 0.29) is 0 Å². The second kappa shape index (κ2) is 3.89. The van der Waals surface area contributed by atoms with Crippen LogP contribution in [0.4, 0.5) is 0 Å². The van der Waals surface area contributed by atoms with Crippen molar-refractivity contribution < 1.29 is 4.74 Å². The number of nitrogens with zero attached hydrogens (tertiary/aromatic N) is 2. The summed E-state index contributed by atoms with van der Waals surface area (Å²) < 4.78 is 7.03. The fourth-order valence-electron chi connectivity index (χ4n) is 1.48. The first kappa shape index (κ1) is 8.72. The zero-order valence-corrected chi connectivity index (χ0v) is 7.81. The van der Waals surface area contributed by atoms with E-state index in [4.69, 9.17) is 4.74 Å². The van der Waals surface area contributed by atoms with Crippen LogP contribution in [0.5, 0.6) is 0 Å². The Morgan fingerprint density at radius 1 is 1.69 bits per heavy atom. The molecule has 1 N–H and O–H groups in total. The second-order valence-electron chi connectivity index (χ2n) is 3.53. The molecule has 1 aromatic rings. The van der Waals surface area contributed by atoms with Crippen LogP contribution < -0.4 is 5.32 Å². The SMILES string of the molecule is CC(Cn1cccn1)NC1COC1. The van der Waals surface area contributed by atoms with Crippen LogP contribution >= 0.6 is 0 Å². The minimum Gasteiger partial charge on any atom is -0.378 e. The maximum Gasteiger partial charge on any atom is 0.0643 e. The van der Waals surface area contributed by atoms with Gasteiger partial charge in [-0.2, -0.15) is 5.10 Å². The van der Waals surface area contributed by atoms with Gasteiger partial charge in [-0.3, -0.25) is 4.68 Å². The van der Waals surface area contributed by atoms with Crippen LogP contribution in [-0.2, 0) is 11.3 Å². The second-order valence-corrected chi connectivity index (χ2v) is 3.53. The smallest absolute Gasteiger partial charge is 0.0643 e. The average Bonchev–Trinajstić information content (AvgIpc) is 2.49. The van der Waals surface area contributed by atoms with Gasteiger partial charge < -0.3 is 10.1 Å². The van der Waals surface area contributed by atoms with E-state index in [0.717, 1.165) is 19.8 Å². The van der Waals surface area contributed by atoms with Gasteiger partial charge in [0.2, 0.25) is 0 Å². The fraction of sp³-hybridized carbons (Fsp3) is 0.667. The molecule has 72 valence electrons. The Kier molecular flexibility index (Phi) is 2.61. The molecule has 0 spiro atoms. The monoisotopic (exact) mass is 181 g/mol. The number of ether oxygens (including phenoxy) is 1. The molecular formula is C9H15N3O. The van der Waals surface area contributed by atoms with Crippen LogP contribution in [0, 0.1) is 0 Å². The Morgan fingerprint density at radius 2 is 2.54 bits per heavy atom. The first-order valence-electron chi connectivity index (χ1n) is 4.66. The van der Waals surface area contributed by atoms with E-state index >= 15 is 0 Å². The lowest BCUT2D eigenvalue weighted by Gasteiger charge is -2.30. The van der Waals surface area contributed by atoms with Gasteiger partial charge in [-0.05, 0) is 13.0 Å². The van der Waals surface area contributed by atoms with Crippen LogP contribution in [0.15, 0.2) is 18.5 Å². The lowest BCUT2D eigenvalue weighted by atomic mass is 10.2. The Bertz CT molecular complexity index is 243. The molecule has 0 bridgehead atoms. The van der Waals surface area contributed by atoms with Crippen LogP contribution in [0.3, 0.4) is 0 Å². The molecule has 1 aliphatic rings.